The van der Waals surface area contributed by atoms with Crippen LogP contribution in [0, 0.1) is 0 Å². The van der Waals surface area contributed by atoms with E-state index in [2.05, 4.69) is 158 Å². The summed E-state index contributed by atoms with van der Waals surface area (Å²) < 4.78 is 0. The third kappa shape index (κ3) is 6.09. The number of benzene rings is 7. The number of carbonyl (C=O) groups excluding carboxylic acids is 1. The van der Waals surface area contributed by atoms with E-state index in [1.807, 2.05) is 24.3 Å². The average Bonchev–Trinajstić information content (AvgIpc) is 3.25. The van der Waals surface area contributed by atoms with Gasteiger partial charge in [0.25, 0.3) is 0 Å². The highest BCUT2D eigenvalue weighted by Gasteiger charge is 2.52. The molecular formula is C54H49NO. The van der Waals surface area contributed by atoms with Crippen molar-refractivity contribution in [2.75, 3.05) is 4.90 Å². The number of unbranched alkanes of at least 4 members (excludes halogenated alkanes) is 4. The first-order valence-corrected chi connectivity index (χ1v) is 20.7. The van der Waals surface area contributed by atoms with E-state index in [1.54, 1.807) is 0 Å². The summed E-state index contributed by atoms with van der Waals surface area (Å²) in [6.45, 7) is 4.57. The minimum Gasteiger partial charge on any atom is -0.310 e. The average molecular weight is 728 g/mol. The van der Waals surface area contributed by atoms with Crippen LogP contribution in [0.1, 0.15) is 102 Å². The Balaban J connectivity index is 1.39. The van der Waals surface area contributed by atoms with E-state index in [4.69, 9.17) is 0 Å². The molecule has 1 aliphatic carbocycles. The normalized spacial score (nSPS) is 13.5. The van der Waals surface area contributed by atoms with Gasteiger partial charge in [-0.2, -0.15) is 0 Å². The standard InChI is InChI=1S/C54H49NO/c1-3-5-9-19-38-33-39(20-10-6-4-2)35-44(34-38)55-51-31-29-42(40-21-11-7-12-22-40)36-49(51)54(50-37-43(30-32-52(50)55)41-23-13-8-14-24-41)47-27-17-15-25-45(47)53(56)46-26-16-18-28-48(46)54/h7-8,11-18,21-37H,3-6,9-10,19-20H2,1-2H3. The highest BCUT2D eigenvalue weighted by molar-refractivity contribution is 6.15. The summed E-state index contributed by atoms with van der Waals surface area (Å²) in [7, 11) is 0. The van der Waals surface area contributed by atoms with Crippen LogP contribution in [0.25, 0.3) is 22.3 Å². The Bertz CT molecular complexity index is 2360. The van der Waals surface area contributed by atoms with Gasteiger partial charge in [-0.15, -0.1) is 0 Å². The van der Waals surface area contributed by atoms with Gasteiger partial charge in [0.15, 0.2) is 5.78 Å². The van der Waals surface area contributed by atoms with Gasteiger partial charge >= 0.3 is 0 Å². The highest BCUT2D eigenvalue weighted by atomic mass is 16.1. The molecule has 0 aromatic heterocycles. The molecule has 7 aromatic carbocycles. The van der Waals surface area contributed by atoms with Crippen LogP contribution in [0.2, 0.25) is 0 Å². The van der Waals surface area contributed by atoms with Gasteiger partial charge in [-0.25, -0.2) is 0 Å². The van der Waals surface area contributed by atoms with Gasteiger partial charge < -0.3 is 4.90 Å². The van der Waals surface area contributed by atoms with Crippen molar-refractivity contribution >= 4 is 22.8 Å². The van der Waals surface area contributed by atoms with Crippen molar-refractivity contribution in [1.29, 1.82) is 0 Å². The van der Waals surface area contributed by atoms with E-state index in [0.717, 1.165) is 57.6 Å². The zero-order valence-electron chi connectivity index (χ0n) is 32.6. The molecule has 0 N–H and O–H groups in total. The van der Waals surface area contributed by atoms with Gasteiger partial charge in [0.1, 0.15) is 0 Å². The second kappa shape index (κ2) is 15.3. The number of aryl methyl sites for hydroxylation is 2. The Labute approximate surface area is 332 Å². The Morgan fingerprint density at radius 2 is 0.875 bits per heavy atom. The summed E-state index contributed by atoms with van der Waals surface area (Å²) in [5.41, 5.74) is 16.2. The van der Waals surface area contributed by atoms with E-state index in [9.17, 15) is 4.79 Å². The lowest BCUT2D eigenvalue weighted by molar-refractivity contribution is 0.103. The van der Waals surface area contributed by atoms with Crippen LogP contribution in [-0.4, -0.2) is 5.78 Å². The summed E-state index contributed by atoms with van der Waals surface area (Å²) in [6.07, 6.45) is 9.39. The number of hydrogen-bond donors (Lipinski definition) is 0. The van der Waals surface area contributed by atoms with Crippen LogP contribution < -0.4 is 4.90 Å². The molecule has 0 atom stereocenters. The van der Waals surface area contributed by atoms with Gasteiger partial charge in [-0.3, -0.25) is 4.79 Å². The number of rotatable bonds is 11. The van der Waals surface area contributed by atoms with Crippen LogP contribution in [0.4, 0.5) is 17.1 Å². The number of hydrogen-bond acceptors (Lipinski definition) is 2. The molecule has 0 fully saturated rings. The molecule has 2 nitrogen and oxygen atoms in total. The molecule has 0 bridgehead atoms. The molecule has 2 aliphatic rings. The van der Waals surface area contributed by atoms with E-state index >= 15 is 0 Å². The van der Waals surface area contributed by atoms with Crippen LogP contribution in [0.3, 0.4) is 0 Å². The summed E-state index contributed by atoms with van der Waals surface area (Å²) in [5, 5.41) is 0. The molecule has 7 aromatic rings. The molecule has 1 aliphatic heterocycles. The van der Waals surface area contributed by atoms with Crippen molar-refractivity contribution in [2.24, 2.45) is 0 Å². The summed E-state index contributed by atoms with van der Waals surface area (Å²) in [5.74, 6) is 0.0854. The molecule has 0 radical (unpaired) electrons. The van der Waals surface area contributed by atoms with Crippen molar-refractivity contribution in [1.82, 2.24) is 0 Å². The lowest BCUT2D eigenvalue weighted by Gasteiger charge is -2.49. The first kappa shape index (κ1) is 35.7. The van der Waals surface area contributed by atoms with Crippen molar-refractivity contribution in [3.63, 3.8) is 0 Å². The number of ketones is 1. The zero-order chi connectivity index (χ0) is 38.1. The molecule has 1 heterocycles. The first-order valence-electron chi connectivity index (χ1n) is 20.7. The predicted octanol–water partition coefficient (Wildman–Crippen LogP) is 14.2. The smallest absolute Gasteiger partial charge is 0.193 e. The van der Waals surface area contributed by atoms with Gasteiger partial charge in [-0.05, 0) is 118 Å². The molecule has 0 amide bonds. The van der Waals surface area contributed by atoms with Crippen LogP contribution in [-0.2, 0) is 18.3 Å². The summed E-state index contributed by atoms with van der Waals surface area (Å²) in [6, 6.07) is 59.6. The summed E-state index contributed by atoms with van der Waals surface area (Å²) in [4.78, 5) is 17.0. The first-order chi connectivity index (χ1) is 27.6. The second-order valence-corrected chi connectivity index (χ2v) is 15.6. The number of anilines is 3. The fourth-order valence-electron chi connectivity index (χ4n) is 9.44. The molecular weight excluding hydrogens is 679 g/mol. The molecule has 2 heteroatoms. The molecule has 276 valence electrons. The molecule has 1 spiro atoms. The lowest BCUT2D eigenvalue weighted by atomic mass is 9.57. The van der Waals surface area contributed by atoms with Crippen molar-refractivity contribution in [2.45, 2.75) is 70.6 Å². The Hall–Kier alpha value is -5.99. The van der Waals surface area contributed by atoms with Crippen molar-refractivity contribution < 1.29 is 4.79 Å². The summed E-state index contributed by atoms with van der Waals surface area (Å²) >= 11 is 0. The molecule has 0 saturated heterocycles. The van der Waals surface area contributed by atoms with Crippen LogP contribution >= 0.6 is 0 Å². The molecule has 9 rings (SSSR count). The van der Waals surface area contributed by atoms with Gasteiger partial charge in [0.05, 0.1) is 16.8 Å². The fraction of sp³-hybridized carbons (Fsp3) is 0.204. The fourth-order valence-corrected chi connectivity index (χ4v) is 9.44. The van der Waals surface area contributed by atoms with Gasteiger partial charge in [0.2, 0.25) is 0 Å². The van der Waals surface area contributed by atoms with Crippen molar-refractivity contribution in [3.8, 4) is 22.3 Å². The predicted molar refractivity (Wildman–Crippen MR) is 234 cm³/mol. The molecule has 0 unspecified atom stereocenters. The Morgan fingerprint density at radius 3 is 1.34 bits per heavy atom. The number of carbonyl (C=O) groups is 1. The third-order valence-corrected chi connectivity index (χ3v) is 12.1. The van der Waals surface area contributed by atoms with Crippen molar-refractivity contribution in [3.05, 3.63) is 208 Å². The minimum absolute atomic E-state index is 0.0854. The highest BCUT2D eigenvalue weighted by Crippen LogP contribution is 2.61. The molecule has 0 saturated carbocycles. The largest absolute Gasteiger partial charge is 0.310 e. The van der Waals surface area contributed by atoms with Crippen LogP contribution in [0.5, 0.6) is 0 Å². The SMILES string of the molecule is CCCCCc1cc(CCCCC)cc(N2c3ccc(-c4ccccc4)cc3C3(c4ccccc4C(=O)c4ccccc43)c3cc(-c4ccccc4)ccc32)c1. The number of nitrogens with zero attached hydrogens (tertiary/aromatic N) is 1. The quantitative estimate of drug-likeness (QED) is 0.124. The van der Waals surface area contributed by atoms with E-state index < -0.39 is 5.41 Å². The topological polar surface area (TPSA) is 20.3 Å². The Kier molecular flexibility index (Phi) is 9.73. The van der Waals surface area contributed by atoms with Gasteiger partial charge in [-0.1, -0.05) is 167 Å². The third-order valence-electron chi connectivity index (χ3n) is 12.1. The maximum atomic E-state index is 14.5. The lowest BCUT2D eigenvalue weighted by Crippen LogP contribution is -2.42. The second-order valence-electron chi connectivity index (χ2n) is 15.6. The van der Waals surface area contributed by atoms with E-state index in [-0.39, 0.29) is 5.78 Å². The van der Waals surface area contributed by atoms with Crippen LogP contribution in [0.15, 0.2) is 164 Å². The Morgan fingerprint density at radius 1 is 0.429 bits per heavy atom. The zero-order valence-corrected chi connectivity index (χ0v) is 32.6. The molecule has 56 heavy (non-hydrogen) atoms. The monoisotopic (exact) mass is 727 g/mol. The maximum Gasteiger partial charge on any atom is 0.193 e. The van der Waals surface area contributed by atoms with Gasteiger partial charge in [0, 0.05) is 16.8 Å². The maximum absolute atomic E-state index is 14.5. The minimum atomic E-state index is -0.763. The van der Waals surface area contributed by atoms with E-state index in [0.29, 0.717) is 0 Å². The van der Waals surface area contributed by atoms with E-state index in [1.165, 1.54) is 77.6 Å². The number of fused-ring (bicyclic) bond motifs is 8.